The minimum atomic E-state index is -0.222. The maximum absolute atomic E-state index is 10.7. The number of thiophene rings is 1. The van der Waals surface area contributed by atoms with E-state index in [2.05, 4.69) is 0 Å². The molecule has 3 nitrogen and oxygen atoms in total. The first-order chi connectivity index (χ1) is 7.25. The van der Waals surface area contributed by atoms with Crippen molar-refractivity contribution in [3.8, 4) is 0 Å². The van der Waals surface area contributed by atoms with E-state index in [0.717, 1.165) is 10.4 Å². The van der Waals surface area contributed by atoms with Crippen LogP contribution in [0.3, 0.4) is 0 Å². The number of ether oxygens (including phenoxy) is 2. The van der Waals surface area contributed by atoms with Crippen LogP contribution in [-0.4, -0.2) is 19.0 Å². The lowest BCUT2D eigenvalue weighted by Gasteiger charge is -2.04. The van der Waals surface area contributed by atoms with Crippen molar-refractivity contribution in [2.45, 2.75) is 13.2 Å². The second-order valence-electron chi connectivity index (χ2n) is 3.30. The fraction of sp³-hybridized carbons (Fsp3) is 0.364. The SMILES string of the molecule is CC(=O)/C=C/c1cc(C2OCCO2)cs1. The van der Waals surface area contributed by atoms with Crippen molar-refractivity contribution in [2.75, 3.05) is 13.2 Å². The molecule has 1 aliphatic rings. The van der Waals surface area contributed by atoms with E-state index < -0.39 is 0 Å². The summed E-state index contributed by atoms with van der Waals surface area (Å²) in [6.45, 7) is 2.84. The van der Waals surface area contributed by atoms with E-state index in [0.29, 0.717) is 13.2 Å². The smallest absolute Gasteiger partial charge is 0.184 e. The van der Waals surface area contributed by atoms with Gasteiger partial charge in [-0.15, -0.1) is 11.3 Å². The Morgan fingerprint density at radius 3 is 2.93 bits per heavy atom. The molecule has 2 heterocycles. The quantitative estimate of drug-likeness (QED) is 0.739. The van der Waals surface area contributed by atoms with Gasteiger partial charge >= 0.3 is 0 Å². The molecule has 1 fully saturated rings. The molecule has 0 bridgehead atoms. The van der Waals surface area contributed by atoms with E-state index >= 15 is 0 Å². The van der Waals surface area contributed by atoms with Gasteiger partial charge in [-0.05, 0) is 30.5 Å². The van der Waals surface area contributed by atoms with Gasteiger partial charge in [0.15, 0.2) is 12.1 Å². The summed E-state index contributed by atoms with van der Waals surface area (Å²) in [6, 6.07) is 1.99. The highest BCUT2D eigenvalue weighted by Crippen LogP contribution is 2.28. The van der Waals surface area contributed by atoms with Crippen molar-refractivity contribution in [3.05, 3.63) is 28.0 Å². The van der Waals surface area contributed by atoms with E-state index in [4.69, 9.17) is 9.47 Å². The molecule has 0 spiro atoms. The molecule has 1 saturated heterocycles. The largest absolute Gasteiger partial charge is 0.346 e. The lowest BCUT2D eigenvalue weighted by molar-refractivity contribution is -0.112. The predicted molar refractivity (Wildman–Crippen MR) is 58.7 cm³/mol. The van der Waals surface area contributed by atoms with Gasteiger partial charge in [-0.1, -0.05) is 0 Å². The van der Waals surface area contributed by atoms with Crippen molar-refractivity contribution in [1.82, 2.24) is 0 Å². The number of carbonyl (C=O) groups is 1. The molecule has 0 atom stereocenters. The second kappa shape index (κ2) is 4.70. The fourth-order valence-electron chi connectivity index (χ4n) is 1.33. The van der Waals surface area contributed by atoms with Crippen LogP contribution in [0.15, 0.2) is 17.5 Å². The molecule has 0 amide bonds. The van der Waals surface area contributed by atoms with Crippen molar-refractivity contribution in [1.29, 1.82) is 0 Å². The summed E-state index contributed by atoms with van der Waals surface area (Å²) in [6.07, 6.45) is 3.15. The van der Waals surface area contributed by atoms with Crippen LogP contribution in [0.5, 0.6) is 0 Å². The van der Waals surface area contributed by atoms with E-state index in [1.54, 1.807) is 17.4 Å². The molecule has 0 saturated carbocycles. The Kier molecular flexibility index (Phi) is 3.30. The average molecular weight is 224 g/mol. The highest BCUT2D eigenvalue weighted by atomic mass is 32.1. The van der Waals surface area contributed by atoms with Crippen molar-refractivity contribution in [2.24, 2.45) is 0 Å². The van der Waals surface area contributed by atoms with Crippen molar-refractivity contribution in [3.63, 3.8) is 0 Å². The van der Waals surface area contributed by atoms with Gasteiger partial charge in [0.25, 0.3) is 0 Å². The third-order valence-corrected chi connectivity index (χ3v) is 2.93. The second-order valence-corrected chi connectivity index (χ2v) is 4.24. The number of allylic oxidation sites excluding steroid dienone is 1. The first-order valence-electron chi connectivity index (χ1n) is 4.76. The number of rotatable bonds is 3. The van der Waals surface area contributed by atoms with Gasteiger partial charge in [0.1, 0.15) is 0 Å². The van der Waals surface area contributed by atoms with Crippen LogP contribution < -0.4 is 0 Å². The third kappa shape index (κ3) is 2.75. The third-order valence-electron chi connectivity index (χ3n) is 2.02. The zero-order chi connectivity index (χ0) is 10.7. The Balaban J connectivity index is 2.06. The van der Waals surface area contributed by atoms with E-state index in [1.807, 2.05) is 17.5 Å². The van der Waals surface area contributed by atoms with Crippen LogP contribution in [0.2, 0.25) is 0 Å². The first-order valence-corrected chi connectivity index (χ1v) is 5.64. The van der Waals surface area contributed by atoms with Crippen molar-refractivity contribution < 1.29 is 14.3 Å². The number of ketones is 1. The Hall–Kier alpha value is -0.970. The molecule has 80 valence electrons. The van der Waals surface area contributed by atoms with Crippen LogP contribution in [0.4, 0.5) is 0 Å². The zero-order valence-corrected chi connectivity index (χ0v) is 9.25. The molecule has 0 radical (unpaired) electrons. The van der Waals surface area contributed by atoms with Gasteiger partial charge < -0.3 is 9.47 Å². The summed E-state index contributed by atoms with van der Waals surface area (Å²) in [5.41, 5.74) is 1.03. The average Bonchev–Trinajstić information content (AvgIpc) is 2.85. The highest BCUT2D eigenvalue weighted by molar-refractivity contribution is 7.11. The van der Waals surface area contributed by atoms with Crippen molar-refractivity contribution >= 4 is 23.2 Å². The molecule has 1 aromatic rings. The van der Waals surface area contributed by atoms with Crippen LogP contribution in [-0.2, 0) is 14.3 Å². The van der Waals surface area contributed by atoms with Gasteiger partial charge in [0, 0.05) is 10.4 Å². The van der Waals surface area contributed by atoms with Gasteiger partial charge in [-0.3, -0.25) is 4.79 Å². The maximum atomic E-state index is 10.7. The van der Waals surface area contributed by atoms with E-state index in [9.17, 15) is 4.79 Å². The van der Waals surface area contributed by atoms with E-state index in [-0.39, 0.29) is 12.1 Å². The molecule has 0 aliphatic carbocycles. The van der Waals surface area contributed by atoms with Crippen LogP contribution in [0.1, 0.15) is 23.7 Å². The Morgan fingerprint density at radius 1 is 1.53 bits per heavy atom. The Morgan fingerprint density at radius 2 is 2.27 bits per heavy atom. The lowest BCUT2D eigenvalue weighted by Crippen LogP contribution is -1.94. The molecule has 1 aliphatic heterocycles. The molecule has 15 heavy (non-hydrogen) atoms. The molecular formula is C11H12O3S. The van der Waals surface area contributed by atoms with Gasteiger partial charge in [0.2, 0.25) is 0 Å². The molecule has 0 N–H and O–H groups in total. The molecule has 1 aromatic heterocycles. The molecule has 4 heteroatoms. The van der Waals surface area contributed by atoms with Gasteiger partial charge in [-0.2, -0.15) is 0 Å². The molecule has 2 rings (SSSR count). The standard InChI is InChI=1S/C11H12O3S/c1-8(12)2-3-10-6-9(7-15-10)11-13-4-5-14-11/h2-3,6-7,11H,4-5H2,1H3/b3-2+. The summed E-state index contributed by atoms with van der Waals surface area (Å²) in [7, 11) is 0. The zero-order valence-electron chi connectivity index (χ0n) is 8.43. The topological polar surface area (TPSA) is 35.5 Å². The van der Waals surface area contributed by atoms with Crippen LogP contribution in [0.25, 0.3) is 6.08 Å². The highest BCUT2D eigenvalue weighted by Gasteiger charge is 2.18. The monoisotopic (exact) mass is 224 g/mol. The Labute approximate surface area is 92.3 Å². The molecular weight excluding hydrogens is 212 g/mol. The first kappa shape index (κ1) is 10.5. The summed E-state index contributed by atoms with van der Waals surface area (Å²) in [5, 5.41) is 2.00. The number of carbonyl (C=O) groups excluding carboxylic acids is 1. The van der Waals surface area contributed by atoms with Crippen LogP contribution >= 0.6 is 11.3 Å². The van der Waals surface area contributed by atoms with Gasteiger partial charge in [-0.25, -0.2) is 0 Å². The Bertz CT molecular complexity index is 375. The minimum Gasteiger partial charge on any atom is -0.346 e. The number of hydrogen-bond donors (Lipinski definition) is 0. The summed E-state index contributed by atoms with van der Waals surface area (Å²) >= 11 is 1.58. The number of hydrogen-bond acceptors (Lipinski definition) is 4. The normalized spacial score (nSPS) is 17.7. The molecule has 0 unspecified atom stereocenters. The summed E-state index contributed by atoms with van der Waals surface area (Å²) in [4.78, 5) is 11.8. The van der Waals surface area contributed by atoms with Gasteiger partial charge in [0.05, 0.1) is 13.2 Å². The van der Waals surface area contributed by atoms with Crippen LogP contribution in [0, 0.1) is 0 Å². The summed E-state index contributed by atoms with van der Waals surface area (Å²) in [5.74, 6) is 0.0540. The molecule has 0 aromatic carbocycles. The maximum Gasteiger partial charge on any atom is 0.184 e. The summed E-state index contributed by atoms with van der Waals surface area (Å²) < 4.78 is 10.7. The lowest BCUT2D eigenvalue weighted by atomic mass is 10.3. The predicted octanol–water partition coefficient (Wildman–Crippen LogP) is 2.40. The minimum absolute atomic E-state index is 0.0540. The fourth-order valence-corrected chi connectivity index (χ4v) is 2.13. The van der Waals surface area contributed by atoms with E-state index in [1.165, 1.54) is 6.92 Å².